The fourth-order valence-corrected chi connectivity index (χ4v) is 5.40. The molecule has 0 saturated carbocycles. The first kappa shape index (κ1) is 27.3. The van der Waals surface area contributed by atoms with Crippen LogP contribution in [0.1, 0.15) is 80.3 Å². The smallest absolute Gasteiger partial charge is 0.325 e. The third-order valence-electron chi connectivity index (χ3n) is 7.44. The number of rotatable bonds is 12. The Bertz CT molecular complexity index is 1080. The van der Waals surface area contributed by atoms with Crippen molar-refractivity contribution in [1.82, 2.24) is 9.88 Å². The highest BCUT2D eigenvalue weighted by molar-refractivity contribution is 5.77. The number of benzene rings is 1. The van der Waals surface area contributed by atoms with Gasteiger partial charge < -0.3 is 19.9 Å². The van der Waals surface area contributed by atoms with Crippen molar-refractivity contribution >= 4 is 11.8 Å². The molecular formula is C29H40FN3O4. The van der Waals surface area contributed by atoms with Crippen LogP contribution in [0.3, 0.4) is 0 Å². The second-order valence-corrected chi connectivity index (χ2v) is 10.4. The van der Waals surface area contributed by atoms with Crippen molar-refractivity contribution in [1.29, 1.82) is 0 Å². The molecule has 0 aliphatic carbocycles. The highest BCUT2D eigenvalue weighted by Gasteiger charge is 2.38. The highest BCUT2D eigenvalue weighted by Crippen LogP contribution is 2.37. The largest absolute Gasteiger partial charge is 0.496 e. The van der Waals surface area contributed by atoms with Crippen molar-refractivity contribution in [3.63, 3.8) is 0 Å². The van der Waals surface area contributed by atoms with Crippen LogP contribution in [0.15, 0.2) is 24.3 Å². The van der Waals surface area contributed by atoms with Crippen LogP contribution < -0.4 is 10.1 Å². The Morgan fingerprint density at radius 3 is 2.84 bits per heavy atom. The quantitative estimate of drug-likeness (QED) is 0.371. The number of ether oxygens (including phenoxy) is 2. The number of hydrogen-bond acceptors (Lipinski definition) is 6. The number of methoxy groups -OCH3 is 1. The predicted octanol–water partition coefficient (Wildman–Crippen LogP) is 5.34. The van der Waals surface area contributed by atoms with Crippen molar-refractivity contribution in [3.05, 3.63) is 52.5 Å². The Hall–Kier alpha value is -2.71. The zero-order chi connectivity index (χ0) is 26.4. The summed E-state index contributed by atoms with van der Waals surface area (Å²) in [6.45, 7) is 6.41. The molecule has 1 aromatic carbocycles. The summed E-state index contributed by atoms with van der Waals surface area (Å²) in [5, 5.41) is 13.5. The van der Waals surface area contributed by atoms with E-state index in [1.807, 2.05) is 13.8 Å². The van der Waals surface area contributed by atoms with Gasteiger partial charge in [0.05, 0.1) is 18.8 Å². The van der Waals surface area contributed by atoms with Gasteiger partial charge in [0, 0.05) is 31.9 Å². The molecule has 2 aromatic rings. The summed E-state index contributed by atoms with van der Waals surface area (Å²) in [7, 11) is 1.45. The molecular weight excluding hydrogens is 473 g/mol. The monoisotopic (exact) mass is 513 g/mol. The lowest BCUT2D eigenvalue weighted by Crippen LogP contribution is -2.34. The van der Waals surface area contributed by atoms with Gasteiger partial charge >= 0.3 is 5.97 Å². The van der Waals surface area contributed by atoms with E-state index in [2.05, 4.69) is 17.4 Å². The standard InChI is InChI=1S/C29H40FN3O4/c1-19(2)23-12-13-24(36-3)25(26(23)30)27(29(34)35)33-16-14-22(18-33)37-17-6-4-5-9-21-11-10-20-8-7-15-31-28(20)32-21/h10-13,19,22,27H,4-9,14-18H2,1-3H3,(H,31,32)(H,34,35)/t22-,27?/m1/s1. The number of carbonyl (C=O) groups is 1. The van der Waals surface area contributed by atoms with E-state index >= 15 is 4.39 Å². The second-order valence-electron chi connectivity index (χ2n) is 10.4. The van der Waals surface area contributed by atoms with Crippen molar-refractivity contribution in [2.75, 3.05) is 38.7 Å². The van der Waals surface area contributed by atoms with Gasteiger partial charge in [-0.3, -0.25) is 9.69 Å². The minimum absolute atomic E-state index is 0.0578. The molecule has 1 aromatic heterocycles. The SMILES string of the molecule is COc1ccc(C(C)C)c(F)c1C(C(=O)O)N1CC[C@@H](OCCCCCc2ccc3c(n2)NCCC3)C1. The number of aliphatic carboxylic acids is 1. The number of nitrogens with zero attached hydrogens (tertiary/aromatic N) is 2. The number of anilines is 1. The van der Waals surface area contributed by atoms with Crippen LogP contribution >= 0.6 is 0 Å². The van der Waals surface area contributed by atoms with Gasteiger partial charge in [-0.25, -0.2) is 9.37 Å². The first-order chi connectivity index (χ1) is 17.9. The molecule has 0 radical (unpaired) electrons. The molecule has 7 nitrogen and oxygen atoms in total. The summed E-state index contributed by atoms with van der Waals surface area (Å²) in [6, 6.07) is 6.58. The maximum absolute atomic E-state index is 15.4. The van der Waals surface area contributed by atoms with Crippen LogP contribution in [0, 0.1) is 5.82 Å². The normalized spacial score (nSPS) is 18.5. The van der Waals surface area contributed by atoms with Gasteiger partial charge in [-0.1, -0.05) is 32.4 Å². The molecule has 2 N–H and O–H groups in total. The highest BCUT2D eigenvalue weighted by atomic mass is 19.1. The van der Waals surface area contributed by atoms with Crippen molar-refractivity contribution in [2.24, 2.45) is 0 Å². The maximum Gasteiger partial charge on any atom is 0.325 e. The predicted molar refractivity (Wildman–Crippen MR) is 142 cm³/mol. The average Bonchev–Trinajstić information content (AvgIpc) is 3.34. The molecule has 1 unspecified atom stereocenters. The van der Waals surface area contributed by atoms with E-state index in [0.717, 1.165) is 56.6 Å². The molecule has 3 heterocycles. The number of fused-ring (bicyclic) bond motifs is 1. The molecule has 0 spiro atoms. The van der Waals surface area contributed by atoms with Crippen molar-refractivity contribution in [3.8, 4) is 5.75 Å². The second kappa shape index (κ2) is 12.7. The Balaban J connectivity index is 1.26. The molecule has 0 bridgehead atoms. The molecule has 37 heavy (non-hydrogen) atoms. The number of carboxylic acid groups (broad SMARTS) is 1. The van der Waals surface area contributed by atoms with Gasteiger partial charge in [0.2, 0.25) is 0 Å². The number of nitrogens with one attached hydrogen (secondary N) is 1. The number of unbranched alkanes of at least 4 members (excludes halogenated alkanes) is 2. The number of carboxylic acids is 1. The van der Waals surface area contributed by atoms with Crippen molar-refractivity contribution < 1.29 is 23.8 Å². The van der Waals surface area contributed by atoms with E-state index in [1.54, 1.807) is 17.0 Å². The van der Waals surface area contributed by atoms with Crippen LogP contribution in [-0.2, 0) is 22.4 Å². The lowest BCUT2D eigenvalue weighted by Gasteiger charge is -2.27. The zero-order valence-corrected chi connectivity index (χ0v) is 22.3. The molecule has 0 amide bonds. The average molecular weight is 514 g/mol. The van der Waals surface area contributed by atoms with E-state index < -0.39 is 17.8 Å². The van der Waals surface area contributed by atoms with E-state index in [4.69, 9.17) is 14.5 Å². The first-order valence-corrected chi connectivity index (χ1v) is 13.6. The lowest BCUT2D eigenvalue weighted by molar-refractivity contribution is -0.143. The summed E-state index contributed by atoms with van der Waals surface area (Å²) in [6.07, 6.45) is 6.94. The Morgan fingerprint density at radius 1 is 1.24 bits per heavy atom. The Morgan fingerprint density at radius 2 is 2.08 bits per heavy atom. The molecule has 2 atom stereocenters. The molecule has 2 aliphatic heterocycles. The summed E-state index contributed by atoms with van der Waals surface area (Å²) in [4.78, 5) is 18.9. The number of halogens is 1. The van der Waals surface area contributed by atoms with Crippen LogP contribution in [0.4, 0.5) is 10.2 Å². The van der Waals surface area contributed by atoms with Gasteiger partial charge in [-0.2, -0.15) is 0 Å². The third kappa shape index (κ3) is 6.60. The van der Waals surface area contributed by atoms with Gasteiger partial charge in [-0.15, -0.1) is 0 Å². The van der Waals surface area contributed by atoms with Crippen LogP contribution in [0.2, 0.25) is 0 Å². The number of likely N-dealkylation sites (tertiary alicyclic amines) is 1. The Labute approximate surface area is 219 Å². The molecule has 1 fully saturated rings. The van der Waals surface area contributed by atoms with Crippen molar-refractivity contribution in [2.45, 2.75) is 76.9 Å². The minimum atomic E-state index is -1.11. The van der Waals surface area contributed by atoms with Gasteiger partial charge in [0.1, 0.15) is 23.4 Å². The summed E-state index contributed by atoms with van der Waals surface area (Å²) < 4.78 is 26.9. The van der Waals surface area contributed by atoms with Gasteiger partial charge in [0.25, 0.3) is 0 Å². The molecule has 4 rings (SSSR count). The van der Waals surface area contributed by atoms with Crippen LogP contribution in [0.5, 0.6) is 5.75 Å². The lowest BCUT2D eigenvalue weighted by atomic mass is 9.95. The first-order valence-electron chi connectivity index (χ1n) is 13.6. The maximum atomic E-state index is 15.4. The van der Waals surface area contributed by atoms with Gasteiger partial charge in [0.15, 0.2) is 0 Å². The van der Waals surface area contributed by atoms with E-state index in [1.165, 1.54) is 19.1 Å². The number of hydrogen-bond donors (Lipinski definition) is 2. The number of aromatic nitrogens is 1. The topological polar surface area (TPSA) is 83.9 Å². The van der Waals surface area contributed by atoms with Crippen LogP contribution in [-0.4, -0.2) is 60.4 Å². The zero-order valence-electron chi connectivity index (χ0n) is 22.3. The van der Waals surface area contributed by atoms with E-state index in [0.29, 0.717) is 25.3 Å². The van der Waals surface area contributed by atoms with E-state index in [-0.39, 0.29) is 23.3 Å². The fraction of sp³-hybridized carbons (Fsp3) is 0.586. The van der Waals surface area contributed by atoms with Crippen LogP contribution in [0.25, 0.3) is 0 Å². The molecule has 202 valence electrons. The molecule has 2 aliphatic rings. The minimum Gasteiger partial charge on any atom is -0.496 e. The number of pyridine rings is 1. The fourth-order valence-electron chi connectivity index (χ4n) is 5.40. The summed E-state index contributed by atoms with van der Waals surface area (Å²) in [5.74, 6) is -0.317. The summed E-state index contributed by atoms with van der Waals surface area (Å²) >= 11 is 0. The third-order valence-corrected chi connectivity index (χ3v) is 7.44. The molecule has 1 saturated heterocycles. The van der Waals surface area contributed by atoms with Gasteiger partial charge in [-0.05, 0) is 67.7 Å². The summed E-state index contributed by atoms with van der Waals surface area (Å²) in [5.41, 5.74) is 3.04. The Kier molecular flexibility index (Phi) is 9.38. The molecule has 8 heteroatoms. The van der Waals surface area contributed by atoms with E-state index in [9.17, 15) is 9.90 Å². The number of aryl methyl sites for hydroxylation is 2.